The molecule has 0 amide bonds. The Kier molecular flexibility index (Phi) is 3.42. The molecule has 0 spiro atoms. The predicted octanol–water partition coefficient (Wildman–Crippen LogP) is 0.584. The number of nitrogens with one attached hydrogen (secondary N) is 1. The monoisotopic (exact) mass is 198 g/mol. The molecule has 2 N–H and O–H groups in total. The highest BCUT2D eigenvalue weighted by atomic mass is 16.3. The smallest absolute Gasteiger partial charge is 0.0524 e. The summed E-state index contributed by atoms with van der Waals surface area (Å²) in [4.78, 5) is 2.61. The number of aliphatic hydroxyl groups excluding tert-OH is 1. The third-order valence-corrected chi connectivity index (χ3v) is 3.57. The van der Waals surface area contributed by atoms with Crippen molar-refractivity contribution in [2.45, 2.75) is 50.8 Å². The van der Waals surface area contributed by atoms with E-state index < -0.39 is 0 Å². The van der Waals surface area contributed by atoms with E-state index >= 15 is 0 Å². The number of hydrogen-bond acceptors (Lipinski definition) is 3. The van der Waals surface area contributed by atoms with Gasteiger partial charge >= 0.3 is 0 Å². The minimum Gasteiger partial charge on any atom is -0.393 e. The third-order valence-electron chi connectivity index (χ3n) is 3.57. The van der Waals surface area contributed by atoms with Gasteiger partial charge in [0, 0.05) is 18.6 Å². The second kappa shape index (κ2) is 4.60. The molecule has 2 fully saturated rings. The molecule has 2 aliphatic heterocycles. The Bertz CT molecular complexity index is 184. The molecule has 3 atom stereocenters. The average molecular weight is 198 g/mol. The van der Waals surface area contributed by atoms with Crippen LogP contribution in [0.4, 0.5) is 0 Å². The van der Waals surface area contributed by atoms with Crippen LogP contribution in [-0.4, -0.2) is 47.8 Å². The van der Waals surface area contributed by atoms with Crippen molar-refractivity contribution in [2.75, 3.05) is 19.6 Å². The highest BCUT2D eigenvalue weighted by Gasteiger charge is 2.36. The molecule has 14 heavy (non-hydrogen) atoms. The maximum Gasteiger partial charge on any atom is 0.0524 e. The van der Waals surface area contributed by atoms with Crippen molar-refractivity contribution in [1.82, 2.24) is 10.2 Å². The van der Waals surface area contributed by atoms with Crippen molar-refractivity contribution < 1.29 is 5.11 Å². The van der Waals surface area contributed by atoms with Crippen LogP contribution >= 0.6 is 0 Å². The SMILES string of the molecule is CC(O)CCNC1CCN2CCCC12. The van der Waals surface area contributed by atoms with Gasteiger partial charge in [-0.25, -0.2) is 0 Å². The summed E-state index contributed by atoms with van der Waals surface area (Å²) in [5.41, 5.74) is 0. The van der Waals surface area contributed by atoms with E-state index in [1.165, 1.54) is 32.4 Å². The minimum atomic E-state index is -0.163. The van der Waals surface area contributed by atoms with E-state index in [1.807, 2.05) is 6.92 Å². The Hall–Kier alpha value is -0.120. The van der Waals surface area contributed by atoms with Crippen LogP contribution in [0.2, 0.25) is 0 Å². The van der Waals surface area contributed by atoms with Crippen LogP contribution in [0.25, 0.3) is 0 Å². The zero-order chi connectivity index (χ0) is 9.97. The summed E-state index contributed by atoms with van der Waals surface area (Å²) in [5.74, 6) is 0. The lowest BCUT2D eigenvalue weighted by atomic mass is 10.1. The van der Waals surface area contributed by atoms with Gasteiger partial charge in [-0.2, -0.15) is 0 Å². The molecule has 0 radical (unpaired) electrons. The molecule has 0 aromatic heterocycles. The first kappa shape index (κ1) is 10.4. The average Bonchev–Trinajstić information content (AvgIpc) is 2.67. The van der Waals surface area contributed by atoms with E-state index in [1.54, 1.807) is 0 Å². The molecule has 3 unspecified atom stereocenters. The summed E-state index contributed by atoms with van der Waals surface area (Å²) in [7, 11) is 0. The standard InChI is InChI=1S/C11H22N2O/c1-9(14)4-6-12-10-5-8-13-7-2-3-11(10)13/h9-12,14H,2-8H2,1H3. The van der Waals surface area contributed by atoms with Crippen molar-refractivity contribution >= 4 is 0 Å². The molecule has 2 heterocycles. The van der Waals surface area contributed by atoms with Gasteiger partial charge in [-0.1, -0.05) is 0 Å². The lowest BCUT2D eigenvalue weighted by Gasteiger charge is -2.21. The highest BCUT2D eigenvalue weighted by molar-refractivity contribution is 4.95. The van der Waals surface area contributed by atoms with Crippen LogP contribution in [0.15, 0.2) is 0 Å². The fourth-order valence-corrected chi connectivity index (χ4v) is 2.80. The Morgan fingerprint density at radius 1 is 1.43 bits per heavy atom. The Labute approximate surface area is 86.5 Å². The van der Waals surface area contributed by atoms with Gasteiger partial charge in [-0.3, -0.25) is 4.90 Å². The van der Waals surface area contributed by atoms with Gasteiger partial charge in [0.15, 0.2) is 0 Å². The van der Waals surface area contributed by atoms with Crippen molar-refractivity contribution in [1.29, 1.82) is 0 Å². The van der Waals surface area contributed by atoms with Gasteiger partial charge in [-0.05, 0) is 45.7 Å². The number of hydrogen-bond donors (Lipinski definition) is 2. The largest absolute Gasteiger partial charge is 0.393 e. The van der Waals surface area contributed by atoms with Crippen LogP contribution in [0.5, 0.6) is 0 Å². The molecule has 3 nitrogen and oxygen atoms in total. The van der Waals surface area contributed by atoms with Crippen molar-refractivity contribution in [3.63, 3.8) is 0 Å². The van der Waals surface area contributed by atoms with Crippen LogP contribution < -0.4 is 5.32 Å². The van der Waals surface area contributed by atoms with Crippen LogP contribution in [0.1, 0.15) is 32.6 Å². The van der Waals surface area contributed by atoms with Gasteiger partial charge < -0.3 is 10.4 Å². The molecular weight excluding hydrogens is 176 g/mol. The lowest BCUT2D eigenvalue weighted by molar-refractivity contribution is 0.181. The van der Waals surface area contributed by atoms with E-state index in [9.17, 15) is 0 Å². The fraction of sp³-hybridized carbons (Fsp3) is 1.00. The predicted molar refractivity (Wildman–Crippen MR) is 57.3 cm³/mol. The van der Waals surface area contributed by atoms with Crippen LogP contribution in [0, 0.1) is 0 Å². The van der Waals surface area contributed by atoms with Crippen molar-refractivity contribution in [3.05, 3.63) is 0 Å². The minimum absolute atomic E-state index is 0.163. The molecule has 3 heteroatoms. The summed E-state index contributed by atoms with van der Waals surface area (Å²) in [6.45, 7) is 5.40. The van der Waals surface area contributed by atoms with E-state index in [4.69, 9.17) is 5.11 Å². The Morgan fingerprint density at radius 3 is 3.07 bits per heavy atom. The Morgan fingerprint density at radius 2 is 2.29 bits per heavy atom. The zero-order valence-corrected chi connectivity index (χ0v) is 9.08. The second-order valence-electron chi connectivity index (χ2n) is 4.73. The molecule has 2 aliphatic rings. The van der Waals surface area contributed by atoms with E-state index in [0.29, 0.717) is 6.04 Å². The van der Waals surface area contributed by atoms with Gasteiger partial charge in [0.25, 0.3) is 0 Å². The summed E-state index contributed by atoms with van der Waals surface area (Å²) in [6, 6.07) is 1.49. The fourth-order valence-electron chi connectivity index (χ4n) is 2.80. The second-order valence-corrected chi connectivity index (χ2v) is 4.73. The zero-order valence-electron chi connectivity index (χ0n) is 9.08. The third kappa shape index (κ3) is 2.27. The van der Waals surface area contributed by atoms with Crippen molar-refractivity contribution in [3.8, 4) is 0 Å². The molecule has 0 aliphatic carbocycles. The molecular formula is C11H22N2O. The molecule has 0 saturated carbocycles. The van der Waals surface area contributed by atoms with Crippen LogP contribution in [0.3, 0.4) is 0 Å². The molecule has 0 bridgehead atoms. The topological polar surface area (TPSA) is 35.5 Å². The molecule has 2 saturated heterocycles. The maximum atomic E-state index is 9.16. The van der Waals surface area contributed by atoms with Gasteiger partial charge in [0.1, 0.15) is 0 Å². The number of rotatable bonds is 4. The molecule has 0 aromatic rings. The summed E-state index contributed by atoms with van der Waals surface area (Å²) in [5, 5.41) is 12.7. The first-order valence-electron chi connectivity index (χ1n) is 5.93. The number of nitrogens with zero attached hydrogens (tertiary/aromatic N) is 1. The summed E-state index contributed by atoms with van der Waals surface area (Å²) < 4.78 is 0. The molecule has 82 valence electrons. The highest BCUT2D eigenvalue weighted by Crippen LogP contribution is 2.27. The lowest BCUT2D eigenvalue weighted by Crippen LogP contribution is -2.40. The summed E-state index contributed by atoms with van der Waals surface area (Å²) >= 11 is 0. The molecule has 2 rings (SSSR count). The Balaban J connectivity index is 1.71. The maximum absolute atomic E-state index is 9.16. The van der Waals surface area contributed by atoms with E-state index in [0.717, 1.165) is 19.0 Å². The number of fused-ring (bicyclic) bond motifs is 1. The first-order chi connectivity index (χ1) is 6.77. The van der Waals surface area contributed by atoms with Gasteiger partial charge in [-0.15, -0.1) is 0 Å². The van der Waals surface area contributed by atoms with Gasteiger partial charge in [0.05, 0.1) is 6.10 Å². The summed E-state index contributed by atoms with van der Waals surface area (Å²) in [6.07, 6.45) is 4.75. The normalized spacial score (nSPS) is 34.7. The molecule has 0 aromatic carbocycles. The van der Waals surface area contributed by atoms with Gasteiger partial charge in [0.2, 0.25) is 0 Å². The first-order valence-corrected chi connectivity index (χ1v) is 5.93. The van der Waals surface area contributed by atoms with E-state index in [-0.39, 0.29) is 6.10 Å². The van der Waals surface area contributed by atoms with Crippen LogP contribution in [-0.2, 0) is 0 Å². The number of aliphatic hydroxyl groups is 1. The van der Waals surface area contributed by atoms with Crippen molar-refractivity contribution in [2.24, 2.45) is 0 Å². The van der Waals surface area contributed by atoms with E-state index in [2.05, 4.69) is 10.2 Å². The quantitative estimate of drug-likeness (QED) is 0.694.